The van der Waals surface area contributed by atoms with Gasteiger partial charge >= 0.3 is 5.69 Å². The first kappa shape index (κ1) is 15.7. The number of hydrogen-bond acceptors (Lipinski definition) is 5. The number of rotatable bonds is 3. The molecule has 3 aromatic rings. The third kappa shape index (κ3) is 2.60. The molecule has 0 aliphatic heterocycles. The summed E-state index contributed by atoms with van der Waals surface area (Å²) < 4.78 is 6.95. The second-order valence-corrected chi connectivity index (χ2v) is 5.59. The minimum Gasteiger partial charge on any atom is -0.436 e. The third-order valence-electron chi connectivity index (χ3n) is 3.50. The molecule has 3 heterocycles. The van der Waals surface area contributed by atoms with E-state index < -0.39 is 11.2 Å². The summed E-state index contributed by atoms with van der Waals surface area (Å²) in [5.74, 6) is 0.536. The zero-order valence-corrected chi connectivity index (χ0v) is 13.6. The van der Waals surface area contributed by atoms with Gasteiger partial charge in [-0.2, -0.15) is 4.98 Å². The molecule has 3 rings (SSSR count). The van der Waals surface area contributed by atoms with Gasteiger partial charge in [0.2, 0.25) is 5.71 Å². The first-order valence-corrected chi connectivity index (χ1v) is 7.29. The van der Waals surface area contributed by atoms with Gasteiger partial charge in [0.15, 0.2) is 11.2 Å². The summed E-state index contributed by atoms with van der Waals surface area (Å²) in [6, 6.07) is 1.69. The topological polar surface area (TPSA) is 93.8 Å². The highest BCUT2D eigenvalue weighted by atomic mass is 16.3. The maximum Gasteiger partial charge on any atom is 0.329 e. The molecular formula is C17H16N4O3. The Labute approximate surface area is 136 Å². The van der Waals surface area contributed by atoms with Gasteiger partial charge in [0.05, 0.1) is 0 Å². The first-order chi connectivity index (χ1) is 11.4. The maximum absolute atomic E-state index is 11.9. The molecule has 0 saturated carbocycles. The number of aromatic amines is 1. The Bertz CT molecular complexity index is 1140. The molecule has 0 unspecified atom stereocenters. The smallest absolute Gasteiger partial charge is 0.329 e. The highest BCUT2D eigenvalue weighted by molar-refractivity contribution is 5.85. The number of H-pyrrole nitrogens is 1. The summed E-state index contributed by atoms with van der Waals surface area (Å²) >= 11 is 0. The Morgan fingerprint density at radius 1 is 1.29 bits per heavy atom. The predicted molar refractivity (Wildman–Crippen MR) is 92.8 cm³/mol. The van der Waals surface area contributed by atoms with E-state index in [1.165, 1.54) is 11.6 Å². The molecule has 7 heteroatoms. The molecule has 0 fully saturated rings. The second-order valence-electron chi connectivity index (χ2n) is 5.59. The van der Waals surface area contributed by atoms with Crippen LogP contribution < -0.4 is 11.2 Å². The van der Waals surface area contributed by atoms with Crippen LogP contribution in [0, 0.1) is 0 Å². The molecule has 0 amide bonds. The molecule has 0 saturated heterocycles. The fourth-order valence-corrected chi connectivity index (χ4v) is 2.22. The Hall–Kier alpha value is -3.22. The number of fused-ring (bicyclic) bond motifs is 2. The number of hydrogen-bond donors (Lipinski definition) is 1. The van der Waals surface area contributed by atoms with Crippen LogP contribution in [0.2, 0.25) is 0 Å². The van der Waals surface area contributed by atoms with Crippen molar-refractivity contribution in [3.63, 3.8) is 0 Å². The van der Waals surface area contributed by atoms with Crippen LogP contribution in [-0.2, 0) is 7.05 Å². The lowest BCUT2D eigenvalue weighted by Gasteiger charge is -2.00. The van der Waals surface area contributed by atoms with Crippen molar-refractivity contribution in [2.24, 2.45) is 7.05 Å². The Morgan fingerprint density at radius 2 is 2.04 bits per heavy atom. The molecule has 0 aliphatic carbocycles. The molecule has 7 nitrogen and oxygen atoms in total. The van der Waals surface area contributed by atoms with E-state index in [0.717, 1.165) is 11.1 Å². The lowest BCUT2D eigenvalue weighted by molar-refractivity contribution is 0.589. The van der Waals surface area contributed by atoms with E-state index in [2.05, 4.69) is 21.5 Å². The molecule has 3 aromatic heterocycles. The number of furan rings is 1. The van der Waals surface area contributed by atoms with Crippen molar-refractivity contribution in [1.82, 2.24) is 19.5 Å². The zero-order valence-electron chi connectivity index (χ0n) is 13.6. The fraction of sp³-hybridized carbons (Fsp3) is 0.176. The van der Waals surface area contributed by atoms with Crippen LogP contribution in [-0.4, -0.2) is 19.5 Å². The van der Waals surface area contributed by atoms with Crippen molar-refractivity contribution in [3.05, 3.63) is 63.0 Å². The largest absolute Gasteiger partial charge is 0.436 e. The van der Waals surface area contributed by atoms with Crippen molar-refractivity contribution >= 4 is 28.0 Å². The quantitative estimate of drug-likeness (QED) is 0.746. The van der Waals surface area contributed by atoms with Gasteiger partial charge in [0, 0.05) is 18.7 Å². The number of nitrogens with one attached hydrogen (secondary N) is 1. The van der Waals surface area contributed by atoms with Gasteiger partial charge in [0.25, 0.3) is 5.56 Å². The summed E-state index contributed by atoms with van der Waals surface area (Å²) in [6.07, 6.45) is 5.48. The summed E-state index contributed by atoms with van der Waals surface area (Å²) in [5.41, 5.74) is 1.72. The standard InChI is InChI=1S/C17H16N4O3/c1-5-10(7-6-9(2)3)12-8-11-16(24-12)19-14-13(18-11)15(22)20-17(23)21(14)4/h5-8H,1H2,2-4H3,(H,20,22,23). The normalized spacial score (nSPS) is 11.9. The fourth-order valence-electron chi connectivity index (χ4n) is 2.22. The van der Waals surface area contributed by atoms with E-state index in [1.807, 2.05) is 26.0 Å². The van der Waals surface area contributed by atoms with Gasteiger partial charge < -0.3 is 4.42 Å². The van der Waals surface area contributed by atoms with Gasteiger partial charge in [0.1, 0.15) is 11.3 Å². The number of aromatic nitrogens is 4. The minimum absolute atomic E-state index is 0.0883. The molecule has 1 N–H and O–H groups in total. The van der Waals surface area contributed by atoms with Crippen molar-refractivity contribution in [2.45, 2.75) is 13.8 Å². The highest BCUT2D eigenvalue weighted by Crippen LogP contribution is 2.24. The van der Waals surface area contributed by atoms with Gasteiger partial charge in [-0.05, 0) is 13.8 Å². The first-order valence-electron chi connectivity index (χ1n) is 7.29. The van der Waals surface area contributed by atoms with Crippen molar-refractivity contribution in [2.75, 3.05) is 0 Å². The molecule has 0 aliphatic rings. The van der Waals surface area contributed by atoms with Gasteiger partial charge in [-0.1, -0.05) is 30.4 Å². The van der Waals surface area contributed by atoms with Gasteiger partial charge in [-0.25, -0.2) is 9.78 Å². The predicted octanol–water partition coefficient (Wildman–Crippen LogP) is 2.30. The molecule has 0 spiro atoms. The minimum atomic E-state index is -0.575. The number of allylic oxidation sites excluding steroid dienone is 5. The Morgan fingerprint density at radius 3 is 2.71 bits per heavy atom. The van der Waals surface area contributed by atoms with E-state index in [9.17, 15) is 9.59 Å². The van der Waals surface area contributed by atoms with Crippen LogP contribution in [0.25, 0.3) is 28.0 Å². The SMILES string of the molecule is C=CC(=CC=C(C)C)c1cc2nc3c(=O)[nH]c(=O)n(C)c3nc2o1. The monoisotopic (exact) mass is 324 g/mol. The molecule has 0 radical (unpaired) electrons. The van der Waals surface area contributed by atoms with Crippen LogP contribution in [0.15, 0.2) is 50.5 Å². The number of aryl methyl sites for hydroxylation is 1. The third-order valence-corrected chi connectivity index (χ3v) is 3.50. The number of nitrogens with zero attached hydrogens (tertiary/aromatic N) is 3. The van der Waals surface area contributed by atoms with Gasteiger partial charge in [-0.15, -0.1) is 0 Å². The van der Waals surface area contributed by atoms with Gasteiger partial charge in [-0.3, -0.25) is 14.3 Å². The molecule has 122 valence electrons. The molecule has 0 bridgehead atoms. The summed E-state index contributed by atoms with van der Waals surface area (Å²) in [4.78, 5) is 34.4. The average Bonchev–Trinajstić information content (AvgIpc) is 2.94. The van der Waals surface area contributed by atoms with E-state index >= 15 is 0 Å². The highest BCUT2D eigenvalue weighted by Gasteiger charge is 2.14. The Balaban J connectivity index is 2.29. The van der Waals surface area contributed by atoms with Crippen LogP contribution in [0.1, 0.15) is 19.6 Å². The molecular weight excluding hydrogens is 308 g/mol. The molecule has 24 heavy (non-hydrogen) atoms. The summed E-state index contributed by atoms with van der Waals surface area (Å²) in [5, 5.41) is 0. The van der Waals surface area contributed by atoms with Crippen molar-refractivity contribution in [1.29, 1.82) is 0 Å². The van der Waals surface area contributed by atoms with Crippen LogP contribution in [0.5, 0.6) is 0 Å². The Kier molecular flexibility index (Phi) is 3.76. The maximum atomic E-state index is 11.9. The zero-order chi connectivity index (χ0) is 17.4. The van der Waals surface area contributed by atoms with E-state index in [1.54, 1.807) is 12.1 Å². The second kappa shape index (κ2) is 5.77. The van der Waals surface area contributed by atoms with E-state index in [4.69, 9.17) is 4.42 Å². The summed E-state index contributed by atoms with van der Waals surface area (Å²) in [6.45, 7) is 7.75. The van der Waals surface area contributed by atoms with Crippen LogP contribution in [0.3, 0.4) is 0 Å². The van der Waals surface area contributed by atoms with Crippen molar-refractivity contribution < 1.29 is 4.42 Å². The van der Waals surface area contributed by atoms with E-state index in [0.29, 0.717) is 11.3 Å². The lowest BCUT2D eigenvalue weighted by atomic mass is 10.1. The lowest BCUT2D eigenvalue weighted by Crippen LogP contribution is -2.29. The average molecular weight is 324 g/mol. The summed E-state index contributed by atoms with van der Waals surface area (Å²) in [7, 11) is 1.51. The van der Waals surface area contributed by atoms with Crippen molar-refractivity contribution in [3.8, 4) is 0 Å². The molecule has 0 aromatic carbocycles. The van der Waals surface area contributed by atoms with E-state index in [-0.39, 0.29) is 16.9 Å². The van der Waals surface area contributed by atoms with Crippen LogP contribution >= 0.6 is 0 Å². The van der Waals surface area contributed by atoms with Crippen LogP contribution in [0.4, 0.5) is 0 Å². The molecule has 0 atom stereocenters.